The van der Waals surface area contributed by atoms with E-state index in [1.54, 1.807) is 26.2 Å². The number of anilines is 2. The Morgan fingerprint density at radius 2 is 2.26 bits per heavy atom. The van der Waals surface area contributed by atoms with Crippen molar-refractivity contribution < 1.29 is 18.7 Å². The van der Waals surface area contributed by atoms with Crippen LogP contribution in [-0.4, -0.2) is 64.4 Å². The van der Waals surface area contributed by atoms with Crippen molar-refractivity contribution >= 4 is 48.4 Å². The summed E-state index contributed by atoms with van der Waals surface area (Å²) < 4.78 is 15.8. The average Bonchev–Trinajstić information content (AvgIpc) is 3.25. The Bertz CT molecular complexity index is 1100. The summed E-state index contributed by atoms with van der Waals surface area (Å²) in [7, 11) is 3.74. The zero-order chi connectivity index (χ0) is 24.5. The molecular formula is C21H28N6O5SSi. The molecule has 3 heterocycles. The highest BCUT2D eigenvalue weighted by Gasteiger charge is 2.28. The molecule has 13 heteroatoms. The molecule has 3 rings (SSSR count). The molecule has 2 aromatic heterocycles. The summed E-state index contributed by atoms with van der Waals surface area (Å²) in [5, 5.41) is 11.1. The number of amides is 1. The highest BCUT2D eigenvalue weighted by molar-refractivity contribution is 7.18. The van der Waals surface area contributed by atoms with Crippen molar-refractivity contribution in [3.8, 4) is 5.75 Å². The monoisotopic (exact) mass is 504 g/mol. The van der Waals surface area contributed by atoms with Crippen LogP contribution in [0.5, 0.6) is 5.75 Å². The topological polar surface area (TPSA) is 145 Å². The number of aliphatic imine (C=N–C) groups is 1. The molecule has 11 nitrogen and oxygen atoms in total. The van der Waals surface area contributed by atoms with E-state index in [0.717, 1.165) is 43.2 Å². The highest BCUT2D eigenvalue weighted by atomic mass is 32.1. The number of nitrogens with two attached hydrogens (primary N) is 1. The van der Waals surface area contributed by atoms with Gasteiger partial charge in [0.1, 0.15) is 0 Å². The first-order chi connectivity index (χ1) is 16.5. The van der Waals surface area contributed by atoms with Gasteiger partial charge in [-0.3, -0.25) is 10.1 Å². The molecule has 34 heavy (non-hydrogen) atoms. The fourth-order valence-corrected chi connectivity index (χ4v) is 5.76. The smallest absolute Gasteiger partial charge is 0.381 e. The Morgan fingerprint density at radius 1 is 1.44 bits per heavy atom. The van der Waals surface area contributed by atoms with Crippen LogP contribution >= 0.6 is 11.3 Å². The first-order valence-corrected chi connectivity index (χ1v) is 12.9. The molecular weight excluding hydrogens is 476 g/mol. The van der Waals surface area contributed by atoms with Crippen molar-refractivity contribution in [1.29, 1.82) is 0 Å². The average molecular weight is 505 g/mol. The third-order valence-corrected chi connectivity index (χ3v) is 7.36. The van der Waals surface area contributed by atoms with Crippen molar-refractivity contribution in [2.75, 3.05) is 37.6 Å². The van der Waals surface area contributed by atoms with Crippen LogP contribution in [-0.2, 0) is 4.74 Å². The number of methoxy groups -OCH3 is 2. The van der Waals surface area contributed by atoms with Gasteiger partial charge in [-0.2, -0.15) is 0 Å². The molecule has 2 radical (unpaired) electrons. The number of piperidine rings is 1. The lowest BCUT2D eigenvalue weighted by Gasteiger charge is -2.38. The van der Waals surface area contributed by atoms with Crippen LogP contribution < -0.4 is 26.3 Å². The predicted octanol–water partition coefficient (Wildman–Crippen LogP) is 2.40. The second kappa shape index (κ2) is 12.4. The number of ether oxygens (including phenoxy) is 2. The lowest BCUT2D eigenvalue weighted by Crippen LogP contribution is -2.44. The standard InChI is InChI=1S/C21H28N6O5SSi/c1-13(7-8-22)23-20-25-26-21(33-20)24-18(28)15-12-14(17(31-3)19(29)32-15)27-9-5-4-6-16(27)34-11-10-30-2/h7-8,12,16H,4-6,9-11,22H2,1-3H3,(H,24,26,28). The Labute approximate surface area is 203 Å². The van der Waals surface area contributed by atoms with Crippen LogP contribution in [0.1, 0.15) is 36.7 Å². The Balaban J connectivity index is 1.84. The summed E-state index contributed by atoms with van der Waals surface area (Å²) in [5.41, 5.74) is 6.09. The molecule has 0 bridgehead atoms. The summed E-state index contributed by atoms with van der Waals surface area (Å²) in [4.78, 5) is 31.9. The number of carbonyl (C=O) groups is 1. The maximum Gasteiger partial charge on any atom is 0.381 e. The van der Waals surface area contributed by atoms with Crippen molar-refractivity contribution in [3.63, 3.8) is 0 Å². The lowest BCUT2D eigenvalue weighted by molar-refractivity contribution is 0.0991. The van der Waals surface area contributed by atoms with Gasteiger partial charge < -0.3 is 24.5 Å². The molecule has 0 spiro atoms. The van der Waals surface area contributed by atoms with Crippen molar-refractivity contribution in [1.82, 2.24) is 10.2 Å². The number of allylic oxidation sites excluding steroid dienone is 1. The van der Waals surface area contributed by atoms with E-state index in [0.29, 0.717) is 32.7 Å². The number of nitrogens with zero attached hydrogens (tertiary/aromatic N) is 4. The summed E-state index contributed by atoms with van der Waals surface area (Å²) in [6.07, 6.45) is 6.09. The second-order valence-electron chi connectivity index (χ2n) is 7.42. The largest absolute Gasteiger partial charge is 0.488 e. The van der Waals surface area contributed by atoms with Crippen LogP contribution in [0, 0.1) is 0 Å². The molecule has 3 N–H and O–H groups in total. The van der Waals surface area contributed by atoms with Gasteiger partial charge >= 0.3 is 5.63 Å². The molecule has 0 saturated carbocycles. The van der Waals surface area contributed by atoms with E-state index < -0.39 is 11.5 Å². The van der Waals surface area contributed by atoms with Gasteiger partial charge in [0.15, 0.2) is 5.76 Å². The first kappa shape index (κ1) is 25.6. The Kier molecular flexibility index (Phi) is 9.36. The predicted molar refractivity (Wildman–Crippen MR) is 133 cm³/mol. The maximum absolute atomic E-state index is 12.9. The van der Waals surface area contributed by atoms with E-state index in [2.05, 4.69) is 25.4 Å². The summed E-state index contributed by atoms with van der Waals surface area (Å²) in [5.74, 6) is -0.648. The lowest BCUT2D eigenvalue weighted by atomic mass is 10.1. The number of nitrogens with one attached hydrogen (secondary N) is 1. The minimum Gasteiger partial charge on any atom is -0.488 e. The molecule has 0 aliphatic carbocycles. The van der Waals surface area contributed by atoms with Gasteiger partial charge in [-0.05, 0) is 44.5 Å². The van der Waals surface area contributed by atoms with Gasteiger partial charge in [0, 0.05) is 37.7 Å². The quantitative estimate of drug-likeness (QED) is 0.283. The molecule has 2 aromatic rings. The van der Waals surface area contributed by atoms with E-state index in [4.69, 9.17) is 19.6 Å². The number of hydrogen-bond donors (Lipinski definition) is 2. The van der Waals surface area contributed by atoms with Gasteiger partial charge in [0.25, 0.3) is 5.91 Å². The fourth-order valence-electron chi connectivity index (χ4n) is 3.54. The summed E-state index contributed by atoms with van der Waals surface area (Å²) in [6.45, 7) is 3.21. The van der Waals surface area contributed by atoms with Crippen LogP contribution in [0.3, 0.4) is 0 Å². The fraction of sp³-hybridized carbons (Fsp3) is 0.476. The first-order valence-electron chi connectivity index (χ1n) is 10.8. The van der Waals surface area contributed by atoms with E-state index in [1.165, 1.54) is 13.3 Å². The van der Waals surface area contributed by atoms with Gasteiger partial charge in [-0.25, -0.2) is 9.79 Å². The van der Waals surface area contributed by atoms with Crippen molar-refractivity contribution in [2.45, 2.75) is 37.9 Å². The molecule has 1 atom stereocenters. The van der Waals surface area contributed by atoms with Crippen LogP contribution in [0.4, 0.5) is 16.0 Å². The normalized spacial score (nSPS) is 16.7. The van der Waals surface area contributed by atoms with E-state index >= 15 is 0 Å². The maximum atomic E-state index is 12.9. The third kappa shape index (κ3) is 6.52. The summed E-state index contributed by atoms with van der Waals surface area (Å²) in [6, 6.07) is 2.49. The Hall–Kier alpha value is -3.03. The van der Waals surface area contributed by atoms with Crippen molar-refractivity contribution in [2.24, 2.45) is 10.7 Å². The minimum absolute atomic E-state index is 0.0935. The molecule has 1 unspecified atom stereocenters. The van der Waals surface area contributed by atoms with E-state index in [-0.39, 0.29) is 22.3 Å². The van der Waals surface area contributed by atoms with Gasteiger partial charge in [-0.1, -0.05) is 11.3 Å². The molecule has 1 saturated heterocycles. The van der Waals surface area contributed by atoms with Gasteiger partial charge in [-0.15, -0.1) is 10.2 Å². The Morgan fingerprint density at radius 3 is 3.00 bits per heavy atom. The zero-order valence-electron chi connectivity index (χ0n) is 19.4. The van der Waals surface area contributed by atoms with E-state index in [9.17, 15) is 9.59 Å². The van der Waals surface area contributed by atoms with Crippen LogP contribution in [0.15, 0.2) is 32.5 Å². The number of rotatable bonds is 10. The molecule has 1 fully saturated rings. The van der Waals surface area contributed by atoms with Crippen LogP contribution in [0.25, 0.3) is 0 Å². The third-order valence-electron chi connectivity index (χ3n) is 5.06. The summed E-state index contributed by atoms with van der Waals surface area (Å²) >= 11 is 1.08. The van der Waals surface area contributed by atoms with Gasteiger partial charge in [0.2, 0.25) is 16.0 Å². The number of hydrogen-bond acceptors (Lipinski definition) is 11. The van der Waals surface area contributed by atoms with Gasteiger partial charge in [0.05, 0.1) is 22.3 Å². The second-order valence-corrected chi connectivity index (χ2v) is 9.96. The molecule has 0 aromatic carbocycles. The SMILES string of the molecule is COCC[Si]C1CCCCN1c1cc(C(=O)Nc2nnc(N=C(C)C=CN)s2)oc(=O)c1OC. The molecule has 1 amide bonds. The number of carbonyl (C=O) groups excluding carboxylic acids is 1. The zero-order valence-corrected chi connectivity index (χ0v) is 21.2. The highest BCUT2D eigenvalue weighted by Crippen LogP contribution is 2.32. The van der Waals surface area contributed by atoms with Crippen molar-refractivity contribution in [3.05, 3.63) is 34.5 Å². The molecule has 1 aliphatic rings. The number of aromatic nitrogens is 2. The molecule has 1 aliphatic heterocycles. The van der Waals surface area contributed by atoms with E-state index in [1.807, 2.05) is 0 Å². The minimum atomic E-state index is -0.707. The van der Waals surface area contributed by atoms with Crippen LogP contribution in [0.2, 0.25) is 6.04 Å². The molecule has 182 valence electrons.